The van der Waals surface area contributed by atoms with Gasteiger partial charge in [0.05, 0.1) is 11.2 Å². The summed E-state index contributed by atoms with van der Waals surface area (Å²) < 4.78 is 22.3. The van der Waals surface area contributed by atoms with Crippen LogP contribution in [0.5, 0.6) is 0 Å². The number of nitrogens with one attached hydrogen (secondary N) is 1. The Morgan fingerprint density at radius 3 is 2.50 bits per heavy atom. The van der Waals surface area contributed by atoms with Gasteiger partial charge >= 0.3 is 12.1 Å². The van der Waals surface area contributed by atoms with E-state index in [1.54, 1.807) is 27.7 Å². The molecule has 2 N–H and O–H groups in total. The molecule has 1 aliphatic carbocycles. The van der Waals surface area contributed by atoms with E-state index >= 15 is 4.39 Å². The first kappa shape index (κ1) is 24.0. The molecule has 9 heteroatoms. The fourth-order valence-corrected chi connectivity index (χ4v) is 4.89. The molecule has 0 unspecified atom stereocenters. The standard InChI is InChI=1S/C25H32FN3O5/c1-13-20-16(10-18(23(31)32)22(30)29(20)17-6-7-17)11-19(26)21(13)28-9-8-15(12-28)14(2)27-24(33)34-25(3,4)5/h10-11,14-15,17H,6-9,12H2,1-5H3,(H,27,33)(H,31,32)/t14-,15-/m0/s1. The average molecular weight is 474 g/mol. The number of aryl methyl sites for hydroxylation is 1. The van der Waals surface area contributed by atoms with Crippen molar-refractivity contribution in [3.05, 3.63) is 39.4 Å². The van der Waals surface area contributed by atoms with E-state index in [0.29, 0.717) is 35.2 Å². The minimum atomic E-state index is -1.31. The van der Waals surface area contributed by atoms with Crippen LogP contribution in [-0.4, -0.2) is 46.5 Å². The molecule has 1 saturated heterocycles. The molecule has 2 aliphatic rings. The average Bonchev–Trinajstić information content (AvgIpc) is 3.42. The highest BCUT2D eigenvalue weighted by Crippen LogP contribution is 2.40. The number of carboxylic acids is 1. The van der Waals surface area contributed by atoms with Crippen molar-refractivity contribution in [3.8, 4) is 0 Å². The van der Waals surface area contributed by atoms with Gasteiger partial charge in [-0.2, -0.15) is 0 Å². The number of carboxylic acid groups (broad SMARTS) is 1. The summed E-state index contributed by atoms with van der Waals surface area (Å²) in [4.78, 5) is 38.7. The summed E-state index contributed by atoms with van der Waals surface area (Å²) >= 11 is 0. The Morgan fingerprint density at radius 2 is 1.91 bits per heavy atom. The zero-order chi connectivity index (χ0) is 24.9. The van der Waals surface area contributed by atoms with Crippen LogP contribution in [0.2, 0.25) is 0 Å². The van der Waals surface area contributed by atoms with E-state index in [2.05, 4.69) is 5.32 Å². The molecule has 0 spiro atoms. The van der Waals surface area contributed by atoms with Crippen molar-refractivity contribution in [2.75, 3.05) is 18.0 Å². The number of aromatic nitrogens is 1. The number of pyridine rings is 1. The van der Waals surface area contributed by atoms with Crippen molar-refractivity contribution < 1.29 is 23.8 Å². The van der Waals surface area contributed by atoms with Gasteiger partial charge in [0, 0.05) is 30.6 Å². The molecule has 34 heavy (non-hydrogen) atoms. The van der Waals surface area contributed by atoms with Crippen molar-refractivity contribution in [2.45, 2.75) is 71.6 Å². The summed E-state index contributed by atoms with van der Waals surface area (Å²) in [6.07, 6.45) is 1.88. The summed E-state index contributed by atoms with van der Waals surface area (Å²) in [5, 5.41) is 12.8. The summed E-state index contributed by atoms with van der Waals surface area (Å²) in [5.41, 5.74) is 0.180. The quantitative estimate of drug-likeness (QED) is 0.674. The molecule has 1 aromatic heterocycles. The van der Waals surface area contributed by atoms with Crippen LogP contribution in [-0.2, 0) is 4.74 Å². The van der Waals surface area contributed by atoms with E-state index in [4.69, 9.17) is 4.74 Å². The van der Waals surface area contributed by atoms with Crippen molar-refractivity contribution in [1.82, 2.24) is 9.88 Å². The van der Waals surface area contributed by atoms with Gasteiger partial charge in [-0.3, -0.25) is 4.79 Å². The van der Waals surface area contributed by atoms with Gasteiger partial charge in [-0.25, -0.2) is 14.0 Å². The Bertz CT molecular complexity index is 1210. The van der Waals surface area contributed by atoms with Gasteiger partial charge in [0.1, 0.15) is 17.0 Å². The Morgan fingerprint density at radius 1 is 1.24 bits per heavy atom. The number of nitrogens with zero attached hydrogens (tertiary/aromatic N) is 2. The summed E-state index contributed by atoms with van der Waals surface area (Å²) in [5.74, 6) is -1.66. The maximum atomic E-state index is 15.4. The maximum absolute atomic E-state index is 15.4. The minimum absolute atomic E-state index is 0.0595. The second-order valence-electron chi connectivity index (χ2n) is 10.5. The number of ether oxygens (including phenoxy) is 1. The van der Waals surface area contributed by atoms with Crippen LogP contribution >= 0.6 is 0 Å². The summed E-state index contributed by atoms with van der Waals surface area (Å²) in [7, 11) is 0. The van der Waals surface area contributed by atoms with Gasteiger partial charge in [0.2, 0.25) is 0 Å². The number of hydrogen-bond acceptors (Lipinski definition) is 5. The highest BCUT2D eigenvalue weighted by molar-refractivity contribution is 5.95. The number of carbonyl (C=O) groups is 2. The first-order chi connectivity index (χ1) is 15.9. The third kappa shape index (κ3) is 4.60. The van der Waals surface area contributed by atoms with Gasteiger partial charge in [-0.1, -0.05) is 0 Å². The smallest absolute Gasteiger partial charge is 0.407 e. The molecule has 0 radical (unpaired) electrons. The number of benzene rings is 1. The fraction of sp³-hybridized carbons (Fsp3) is 0.560. The molecule has 0 bridgehead atoms. The van der Waals surface area contributed by atoms with Gasteiger partial charge in [-0.15, -0.1) is 0 Å². The number of rotatable bonds is 5. The normalized spacial score (nSPS) is 19.4. The SMILES string of the molecule is Cc1c(N2CC[C@H]([C@H](C)NC(=O)OC(C)(C)C)C2)c(F)cc2cc(C(=O)O)c(=O)n(C3CC3)c12. The van der Waals surface area contributed by atoms with Crippen molar-refractivity contribution in [3.63, 3.8) is 0 Å². The third-order valence-electron chi connectivity index (χ3n) is 6.62. The molecular formula is C25H32FN3O5. The Labute approximate surface area is 197 Å². The number of amides is 1. The van der Waals surface area contributed by atoms with Crippen LogP contribution < -0.4 is 15.8 Å². The van der Waals surface area contributed by atoms with Crippen LogP contribution in [0.1, 0.15) is 68.9 Å². The first-order valence-electron chi connectivity index (χ1n) is 11.7. The molecule has 4 rings (SSSR count). The number of aromatic carboxylic acids is 1. The molecule has 1 aliphatic heterocycles. The molecule has 2 heterocycles. The number of alkyl carbamates (subject to hydrolysis) is 1. The van der Waals surface area contributed by atoms with Crippen molar-refractivity contribution >= 4 is 28.7 Å². The molecule has 1 amide bonds. The molecule has 8 nitrogen and oxygen atoms in total. The monoisotopic (exact) mass is 473 g/mol. The number of hydrogen-bond donors (Lipinski definition) is 2. The lowest BCUT2D eigenvalue weighted by atomic mass is 10.0. The van der Waals surface area contributed by atoms with Crippen LogP contribution in [0.15, 0.2) is 16.9 Å². The summed E-state index contributed by atoms with van der Waals surface area (Å²) in [6.45, 7) is 10.3. The Kier molecular flexibility index (Phi) is 6.08. The highest BCUT2D eigenvalue weighted by atomic mass is 19.1. The van der Waals surface area contributed by atoms with Crippen molar-refractivity contribution in [1.29, 1.82) is 0 Å². The lowest BCUT2D eigenvalue weighted by Crippen LogP contribution is -2.42. The number of halogens is 1. The zero-order valence-electron chi connectivity index (χ0n) is 20.3. The summed E-state index contributed by atoms with van der Waals surface area (Å²) in [6, 6.07) is 2.39. The molecule has 2 atom stereocenters. The predicted molar refractivity (Wildman–Crippen MR) is 127 cm³/mol. The molecule has 184 valence electrons. The largest absolute Gasteiger partial charge is 0.477 e. The number of anilines is 1. The fourth-order valence-electron chi connectivity index (χ4n) is 4.89. The highest BCUT2D eigenvalue weighted by Gasteiger charge is 2.34. The lowest BCUT2D eigenvalue weighted by Gasteiger charge is -2.26. The topological polar surface area (TPSA) is 101 Å². The lowest BCUT2D eigenvalue weighted by molar-refractivity contribution is 0.0494. The molecular weight excluding hydrogens is 441 g/mol. The van der Waals surface area contributed by atoms with E-state index in [0.717, 1.165) is 19.3 Å². The van der Waals surface area contributed by atoms with Crippen molar-refractivity contribution in [2.24, 2.45) is 5.92 Å². The van der Waals surface area contributed by atoms with Crippen LogP contribution in [0.3, 0.4) is 0 Å². The van der Waals surface area contributed by atoms with Crippen LogP contribution in [0, 0.1) is 18.7 Å². The van der Waals surface area contributed by atoms with Gasteiger partial charge < -0.3 is 24.6 Å². The predicted octanol–water partition coefficient (Wildman–Crippen LogP) is 4.22. The number of fused-ring (bicyclic) bond motifs is 1. The minimum Gasteiger partial charge on any atom is -0.477 e. The van der Waals surface area contributed by atoms with E-state index < -0.39 is 29.0 Å². The van der Waals surface area contributed by atoms with E-state index in [1.165, 1.54) is 16.7 Å². The van der Waals surface area contributed by atoms with Crippen LogP contribution in [0.25, 0.3) is 10.9 Å². The molecule has 1 saturated carbocycles. The molecule has 1 aromatic carbocycles. The second-order valence-corrected chi connectivity index (χ2v) is 10.5. The third-order valence-corrected chi connectivity index (χ3v) is 6.62. The van der Waals surface area contributed by atoms with E-state index in [9.17, 15) is 19.5 Å². The zero-order valence-corrected chi connectivity index (χ0v) is 20.3. The van der Waals surface area contributed by atoms with Gasteiger partial charge in [-0.05, 0) is 77.5 Å². The second kappa shape index (κ2) is 8.60. The van der Waals surface area contributed by atoms with Gasteiger partial charge in [0.25, 0.3) is 5.56 Å². The first-order valence-corrected chi connectivity index (χ1v) is 11.7. The number of carbonyl (C=O) groups excluding carboxylic acids is 1. The maximum Gasteiger partial charge on any atom is 0.407 e. The van der Waals surface area contributed by atoms with E-state index in [1.807, 2.05) is 11.8 Å². The Hall–Kier alpha value is -3.10. The Balaban J connectivity index is 1.65. The van der Waals surface area contributed by atoms with E-state index in [-0.39, 0.29) is 23.6 Å². The van der Waals surface area contributed by atoms with Crippen LogP contribution in [0.4, 0.5) is 14.9 Å². The van der Waals surface area contributed by atoms with Gasteiger partial charge in [0.15, 0.2) is 0 Å². The molecule has 2 fully saturated rings. The molecule has 2 aromatic rings.